The number of benzene rings is 4. The molecule has 7 heteroatoms. The molecule has 0 aliphatic carbocycles. The van der Waals surface area contributed by atoms with Gasteiger partial charge in [-0.05, 0) is 107 Å². The average Bonchev–Trinajstić information content (AvgIpc) is 3.47. The summed E-state index contributed by atoms with van der Waals surface area (Å²) in [4.78, 5) is 29.9. The Hall–Kier alpha value is -4.00. The third kappa shape index (κ3) is 12.1. The molecule has 1 aliphatic rings. The number of ether oxygens (including phenoxy) is 4. The lowest BCUT2D eigenvalue weighted by Crippen LogP contribution is -2.34. The normalized spacial score (nSPS) is 13.2. The number of rotatable bonds is 30. The molecule has 0 saturated carbocycles. The molecule has 4 aromatic carbocycles. The van der Waals surface area contributed by atoms with Crippen molar-refractivity contribution in [2.75, 3.05) is 33.0 Å². The van der Waals surface area contributed by atoms with Crippen LogP contribution >= 0.6 is 0 Å². The van der Waals surface area contributed by atoms with E-state index in [9.17, 15) is 9.59 Å². The lowest BCUT2D eigenvalue weighted by atomic mass is 9.91. The maximum Gasteiger partial charge on any atom is 0.261 e. The summed E-state index contributed by atoms with van der Waals surface area (Å²) in [5, 5.41) is 5.76. The maximum atomic E-state index is 14.2. The Bertz CT molecular complexity index is 1820. The van der Waals surface area contributed by atoms with E-state index >= 15 is 0 Å². The first-order valence-electron chi connectivity index (χ1n) is 23.8. The van der Waals surface area contributed by atoms with Crippen molar-refractivity contribution in [3.63, 3.8) is 0 Å². The smallest absolute Gasteiger partial charge is 0.261 e. The van der Waals surface area contributed by atoms with E-state index in [1.807, 2.05) is 12.1 Å². The number of imide groups is 1. The van der Waals surface area contributed by atoms with Crippen molar-refractivity contribution < 1.29 is 28.5 Å². The predicted molar refractivity (Wildman–Crippen MR) is 246 cm³/mol. The van der Waals surface area contributed by atoms with Gasteiger partial charge < -0.3 is 18.9 Å². The van der Waals surface area contributed by atoms with E-state index in [0.29, 0.717) is 44.1 Å². The second-order valence-electron chi connectivity index (χ2n) is 16.9. The van der Waals surface area contributed by atoms with Gasteiger partial charge in [-0.25, -0.2) is 0 Å². The Morgan fingerprint density at radius 3 is 1.00 bits per heavy atom. The van der Waals surface area contributed by atoms with Crippen molar-refractivity contribution in [3.8, 4) is 23.0 Å². The second-order valence-corrected chi connectivity index (χ2v) is 16.9. The first kappa shape index (κ1) is 46.1. The fourth-order valence-corrected chi connectivity index (χ4v) is 8.43. The van der Waals surface area contributed by atoms with Gasteiger partial charge in [0, 0.05) is 6.54 Å². The summed E-state index contributed by atoms with van der Waals surface area (Å²) in [5.41, 5.74) is 0.956. The number of hydrogen-bond acceptors (Lipinski definition) is 6. The van der Waals surface area contributed by atoms with Gasteiger partial charge in [0.2, 0.25) is 0 Å². The standard InChI is InChI=1S/C52H75NO6/c1-7-13-18-22-27-56-47-33-41-39-31-45-46(52(55)53(51(45)54)37-38(12-6)26-17-11-5)32-40(39)42-34-48(57-28-23-19-14-8-2)50(59-30-25-21-16-10-4)36-44(42)43(41)35-49(47)58-29-24-20-15-9-3/h31-36,38H,7-30,37H2,1-6H3. The van der Waals surface area contributed by atoms with Gasteiger partial charge in [0.05, 0.1) is 37.6 Å². The monoisotopic (exact) mass is 810 g/mol. The SMILES string of the molecule is CCCCCCOc1cc2c3cc(OCCCCCC)c(OCCCCCC)cc3c3cc4c(cc3c2cc1OCCCCCC)C(=O)N(CC(CC)CCCC)C4=O. The van der Waals surface area contributed by atoms with Gasteiger partial charge >= 0.3 is 0 Å². The number of amides is 2. The minimum absolute atomic E-state index is 0.197. The van der Waals surface area contributed by atoms with Crippen LogP contribution < -0.4 is 18.9 Å². The largest absolute Gasteiger partial charge is 0.490 e. The van der Waals surface area contributed by atoms with Crippen LogP contribution in [-0.4, -0.2) is 49.7 Å². The van der Waals surface area contributed by atoms with E-state index in [1.54, 1.807) is 0 Å². The highest BCUT2D eigenvalue weighted by Crippen LogP contribution is 2.46. The summed E-state index contributed by atoms with van der Waals surface area (Å²) in [5.74, 6) is 2.80. The maximum absolute atomic E-state index is 14.2. The van der Waals surface area contributed by atoms with E-state index in [4.69, 9.17) is 18.9 Å². The van der Waals surface area contributed by atoms with Gasteiger partial charge in [0.25, 0.3) is 11.8 Å². The molecule has 1 unspecified atom stereocenters. The van der Waals surface area contributed by atoms with Crippen molar-refractivity contribution in [1.29, 1.82) is 0 Å². The van der Waals surface area contributed by atoms with Gasteiger partial charge in [0.1, 0.15) is 0 Å². The highest BCUT2D eigenvalue weighted by Gasteiger charge is 2.37. The van der Waals surface area contributed by atoms with Gasteiger partial charge in [0.15, 0.2) is 23.0 Å². The molecule has 1 aliphatic heterocycles. The van der Waals surface area contributed by atoms with Crippen LogP contribution in [0.2, 0.25) is 0 Å². The molecule has 0 bridgehead atoms. The molecule has 0 aromatic heterocycles. The number of carbonyl (C=O) groups is 2. The molecule has 0 N–H and O–H groups in total. The Kier molecular flexibility index (Phi) is 19.0. The third-order valence-corrected chi connectivity index (χ3v) is 12.2. The number of carbonyl (C=O) groups excluding carboxylic acids is 2. The highest BCUT2D eigenvalue weighted by atomic mass is 16.5. The van der Waals surface area contributed by atoms with Crippen molar-refractivity contribution in [2.24, 2.45) is 5.92 Å². The highest BCUT2D eigenvalue weighted by molar-refractivity contribution is 6.30. The molecule has 0 saturated heterocycles. The lowest BCUT2D eigenvalue weighted by molar-refractivity contribution is 0.0624. The van der Waals surface area contributed by atoms with E-state index in [0.717, 1.165) is 145 Å². The van der Waals surface area contributed by atoms with E-state index in [2.05, 4.69) is 65.8 Å². The molecule has 0 spiro atoms. The zero-order chi connectivity index (χ0) is 42.0. The van der Waals surface area contributed by atoms with Gasteiger partial charge in [-0.1, -0.05) is 138 Å². The summed E-state index contributed by atoms with van der Waals surface area (Å²) < 4.78 is 26.3. The molecular weight excluding hydrogens is 735 g/mol. The zero-order valence-electron chi connectivity index (χ0n) is 37.6. The van der Waals surface area contributed by atoms with Crippen LogP contribution in [0.5, 0.6) is 23.0 Å². The van der Waals surface area contributed by atoms with Crippen molar-refractivity contribution in [3.05, 3.63) is 47.5 Å². The molecule has 324 valence electrons. The molecule has 7 nitrogen and oxygen atoms in total. The van der Waals surface area contributed by atoms with Crippen molar-refractivity contribution in [2.45, 2.75) is 170 Å². The van der Waals surface area contributed by atoms with E-state index in [-0.39, 0.29) is 17.7 Å². The summed E-state index contributed by atoms with van der Waals surface area (Å²) in [6.07, 6.45) is 21.9. The summed E-state index contributed by atoms with van der Waals surface area (Å²) in [6.45, 7) is 16.1. The zero-order valence-corrected chi connectivity index (χ0v) is 37.6. The van der Waals surface area contributed by atoms with Gasteiger partial charge in [-0.15, -0.1) is 0 Å². The van der Waals surface area contributed by atoms with Crippen molar-refractivity contribution >= 4 is 44.1 Å². The van der Waals surface area contributed by atoms with Gasteiger partial charge in [-0.2, -0.15) is 0 Å². The van der Waals surface area contributed by atoms with E-state index in [1.165, 1.54) is 43.4 Å². The third-order valence-electron chi connectivity index (χ3n) is 12.2. The predicted octanol–water partition coefficient (Wildman–Crippen LogP) is 14.8. The van der Waals surface area contributed by atoms with Crippen LogP contribution in [0.25, 0.3) is 32.3 Å². The first-order chi connectivity index (χ1) is 28.9. The molecule has 1 heterocycles. The minimum atomic E-state index is -0.197. The summed E-state index contributed by atoms with van der Waals surface area (Å²) >= 11 is 0. The number of hydrogen-bond donors (Lipinski definition) is 0. The fourth-order valence-electron chi connectivity index (χ4n) is 8.43. The summed E-state index contributed by atoms with van der Waals surface area (Å²) in [7, 11) is 0. The minimum Gasteiger partial charge on any atom is -0.490 e. The second kappa shape index (κ2) is 24.3. The lowest BCUT2D eigenvalue weighted by Gasteiger charge is -2.21. The number of unbranched alkanes of at least 4 members (excludes halogenated alkanes) is 13. The Balaban J connectivity index is 1.71. The number of fused-ring (bicyclic) bond motifs is 7. The van der Waals surface area contributed by atoms with Crippen LogP contribution in [-0.2, 0) is 0 Å². The molecular formula is C52H75NO6. The van der Waals surface area contributed by atoms with Crippen LogP contribution in [0.15, 0.2) is 36.4 Å². The molecule has 0 radical (unpaired) electrons. The molecule has 59 heavy (non-hydrogen) atoms. The van der Waals surface area contributed by atoms with Crippen LogP contribution in [0, 0.1) is 5.92 Å². The van der Waals surface area contributed by atoms with E-state index < -0.39 is 0 Å². The van der Waals surface area contributed by atoms with Crippen LogP contribution in [0.4, 0.5) is 0 Å². The first-order valence-corrected chi connectivity index (χ1v) is 23.8. The molecule has 1 atom stereocenters. The molecule has 0 fully saturated rings. The molecule has 5 rings (SSSR count). The fraction of sp³-hybridized carbons (Fsp3) is 0.615. The quantitative estimate of drug-likeness (QED) is 0.0297. The Morgan fingerprint density at radius 2 is 0.712 bits per heavy atom. The summed E-state index contributed by atoms with van der Waals surface area (Å²) in [6, 6.07) is 12.5. The van der Waals surface area contributed by atoms with Crippen LogP contribution in [0.3, 0.4) is 0 Å². The Morgan fingerprint density at radius 1 is 0.407 bits per heavy atom. The number of nitrogens with zero attached hydrogens (tertiary/aromatic N) is 1. The van der Waals surface area contributed by atoms with Crippen LogP contribution in [0.1, 0.15) is 191 Å². The average molecular weight is 810 g/mol. The molecule has 4 aromatic rings. The topological polar surface area (TPSA) is 74.3 Å². The van der Waals surface area contributed by atoms with Crippen molar-refractivity contribution in [1.82, 2.24) is 4.90 Å². The Labute approximate surface area is 355 Å². The van der Waals surface area contributed by atoms with Gasteiger partial charge in [-0.3, -0.25) is 14.5 Å². The molecule has 2 amide bonds.